The van der Waals surface area contributed by atoms with Crippen molar-refractivity contribution in [2.75, 3.05) is 0 Å². The Labute approximate surface area is 115 Å². The Balaban J connectivity index is 0.000000200. The maximum atomic E-state index is 10.4. The summed E-state index contributed by atoms with van der Waals surface area (Å²) in [7, 11) is 0. The van der Waals surface area contributed by atoms with Crippen molar-refractivity contribution in [3.8, 4) is 0 Å². The summed E-state index contributed by atoms with van der Waals surface area (Å²) in [6, 6.07) is 20.1. The van der Waals surface area contributed by atoms with Gasteiger partial charge in [-0.2, -0.15) is 0 Å². The van der Waals surface area contributed by atoms with E-state index in [2.05, 4.69) is 31.2 Å². The van der Waals surface area contributed by atoms with Crippen LogP contribution in [0.25, 0.3) is 0 Å². The van der Waals surface area contributed by atoms with Gasteiger partial charge in [0.25, 0.3) is 0 Å². The molecule has 2 aromatic carbocycles. The summed E-state index contributed by atoms with van der Waals surface area (Å²) in [5, 5.41) is 0. The zero-order chi connectivity index (χ0) is 13.9. The smallest absolute Gasteiger partial charge is 0.302 e. The summed E-state index contributed by atoms with van der Waals surface area (Å²) in [5.41, 5.74) is 2.43. The molecule has 0 atom stereocenters. The molecule has 2 nitrogen and oxygen atoms in total. The molecule has 2 aromatic rings. The number of carbonyl (C=O) groups excluding carboxylic acids is 1. The first-order chi connectivity index (χ1) is 9.22. The van der Waals surface area contributed by atoms with Crippen LogP contribution in [0.3, 0.4) is 0 Å². The summed E-state index contributed by atoms with van der Waals surface area (Å²) >= 11 is 0. The summed E-state index contributed by atoms with van der Waals surface area (Å²) in [5.74, 6) is -0.242. The second-order valence-electron chi connectivity index (χ2n) is 4.11. The van der Waals surface area contributed by atoms with Crippen LogP contribution < -0.4 is 0 Å². The Kier molecular flexibility index (Phi) is 7.03. The summed E-state index contributed by atoms with van der Waals surface area (Å²) in [4.78, 5) is 10.4. The quantitative estimate of drug-likeness (QED) is 0.776. The molecule has 0 radical (unpaired) electrons. The standard InChI is InChI=1S/C9H10O2.C8H10/c1-8(10)11-7-9-5-3-2-4-6-9;1-2-8-6-4-3-5-7-8/h2-6H,7H2,1H3;3-7H,2H2,1H3. The summed E-state index contributed by atoms with van der Waals surface area (Å²) in [6.07, 6.45) is 1.14. The molecule has 0 spiro atoms. The molecule has 0 heterocycles. The lowest BCUT2D eigenvalue weighted by molar-refractivity contribution is -0.142. The van der Waals surface area contributed by atoms with Gasteiger partial charge < -0.3 is 4.74 Å². The lowest BCUT2D eigenvalue weighted by Crippen LogP contribution is -1.97. The van der Waals surface area contributed by atoms with Crippen molar-refractivity contribution in [2.45, 2.75) is 26.9 Å². The highest BCUT2D eigenvalue weighted by molar-refractivity contribution is 5.65. The Morgan fingerprint density at radius 1 is 0.895 bits per heavy atom. The average molecular weight is 256 g/mol. The molecule has 2 rings (SSSR count). The molecule has 0 saturated carbocycles. The number of ether oxygens (including phenoxy) is 1. The van der Waals surface area contributed by atoms with Crippen LogP contribution in [0, 0.1) is 0 Å². The highest BCUT2D eigenvalue weighted by Crippen LogP contribution is 1.99. The fourth-order valence-electron chi connectivity index (χ4n) is 1.47. The van der Waals surface area contributed by atoms with Gasteiger partial charge in [-0.05, 0) is 17.5 Å². The number of rotatable bonds is 3. The van der Waals surface area contributed by atoms with E-state index in [4.69, 9.17) is 4.74 Å². The van der Waals surface area contributed by atoms with Crippen LogP contribution in [0.1, 0.15) is 25.0 Å². The molecular formula is C17H20O2. The van der Waals surface area contributed by atoms with Crippen molar-refractivity contribution in [3.05, 3.63) is 71.8 Å². The van der Waals surface area contributed by atoms with Crippen molar-refractivity contribution in [3.63, 3.8) is 0 Å². The van der Waals surface area contributed by atoms with E-state index in [1.165, 1.54) is 12.5 Å². The van der Waals surface area contributed by atoms with Crippen LogP contribution in [-0.4, -0.2) is 5.97 Å². The van der Waals surface area contributed by atoms with Crippen LogP contribution in [0.5, 0.6) is 0 Å². The van der Waals surface area contributed by atoms with Crippen molar-refractivity contribution < 1.29 is 9.53 Å². The van der Waals surface area contributed by atoms with Crippen LogP contribution in [0.15, 0.2) is 60.7 Å². The van der Waals surface area contributed by atoms with Crippen LogP contribution in [-0.2, 0) is 22.6 Å². The fourth-order valence-corrected chi connectivity index (χ4v) is 1.47. The van der Waals surface area contributed by atoms with Gasteiger partial charge in [-0.25, -0.2) is 0 Å². The molecule has 19 heavy (non-hydrogen) atoms. The second kappa shape index (κ2) is 8.92. The molecule has 0 aliphatic heterocycles. The molecule has 100 valence electrons. The third kappa shape index (κ3) is 7.04. The number of carbonyl (C=O) groups is 1. The van der Waals surface area contributed by atoms with Crippen molar-refractivity contribution in [1.82, 2.24) is 0 Å². The lowest BCUT2D eigenvalue weighted by atomic mass is 10.2. The lowest BCUT2D eigenvalue weighted by Gasteiger charge is -1.99. The van der Waals surface area contributed by atoms with E-state index in [0.717, 1.165) is 12.0 Å². The van der Waals surface area contributed by atoms with Gasteiger partial charge in [-0.1, -0.05) is 67.6 Å². The molecule has 0 aliphatic carbocycles. The molecule has 2 heteroatoms. The minimum atomic E-state index is -0.242. The topological polar surface area (TPSA) is 26.3 Å². The van der Waals surface area contributed by atoms with E-state index < -0.39 is 0 Å². The van der Waals surface area contributed by atoms with Gasteiger partial charge in [0.05, 0.1) is 0 Å². The van der Waals surface area contributed by atoms with Gasteiger partial charge in [0, 0.05) is 6.92 Å². The fraction of sp³-hybridized carbons (Fsp3) is 0.235. The zero-order valence-electron chi connectivity index (χ0n) is 11.5. The van der Waals surface area contributed by atoms with Gasteiger partial charge >= 0.3 is 5.97 Å². The third-order valence-electron chi connectivity index (χ3n) is 2.54. The second-order valence-corrected chi connectivity index (χ2v) is 4.11. The highest BCUT2D eigenvalue weighted by atomic mass is 16.5. The van der Waals surface area contributed by atoms with Crippen LogP contribution >= 0.6 is 0 Å². The Bertz CT molecular complexity index is 463. The Morgan fingerprint density at radius 2 is 1.37 bits per heavy atom. The molecule has 0 fully saturated rings. The van der Waals surface area contributed by atoms with Crippen LogP contribution in [0.4, 0.5) is 0 Å². The first-order valence-electron chi connectivity index (χ1n) is 6.43. The highest BCUT2D eigenvalue weighted by Gasteiger charge is 1.93. The summed E-state index contributed by atoms with van der Waals surface area (Å²) < 4.78 is 4.79. The third-order valence-corrected chi connectivity index (χ3v) is 2.54. The molecule has 0 bridgehead atoms. The molecule has 0 saturated heterocycles. The van der Waals surface area contributed by atoms with Gasteiger partial charge in [0.1, 0.15) is 6.61 Å². The number of aryl methyl sites for hydroxylation is 1. The van der Waals surface area contributed by atoms with E-state index in [1.54, 1.807) is 0 Å². The largest absolute Gasteiger partial charge is 0.461 e. The van der Waals surface area contributed by atoms with Gasteiger partial charge in [0.15, 0.2) is 0 Å². The van der Waals surface area contributed by atoms with Gasteiger partial charge in [0.2, 0.25) is 0 Å². The molecule has 0 unspecified atom stereocenters. The number of esters is 1. The maximum absolute atomic E-state index is 10.4. The van der Waals surface area contributed by atoms with E-state index in [-0.39, 0.29) is 5.97 Å². The Morgan fingerprint density at radius 3 is 1.74 bits per heavy atom. The van der Waals surface area contributed by atoms with Crippen molar-refractivity contribution >= 4 is 5.97 Å². The molecule has 0 aromatic heterocycles. The minimum absolute atomic E-state index is 0.242. The monoisotopic (exact) mass is 256 g/mol. The van der Waals surface area contributed by atoms with Crippen molar-refractivity contribution in [2.24, 2.45) is 0 Å². The van der Waals surface area contributed by atoms with Crippen molar-refractivity contribution in [1.29, 1.82) is 0 Å². The SMILES string of the molecule is CC(=O)OCc1ccccc1.CCc1ccccc1. The maximum Gasteiger partial charge on any atom is 0.302 e. The van der Waals surface area contributed by atoms with Gasteiger partial charge in [-0.3, -0.25) is 4.79 Å². The van der Waals surface area contributed by atoms with E-state index in [9.17, 15) is 4.79 Å². The predicted octanol–water partition coefficient (Wildman–Crippen LogP) is 4.00. The van der Waals surface area contributed by atoms with E-state index in [0.29, 0.717) is 6.61 Å². The number of benzene rings is 2. The Hall–Kier alpha value is -2.09. The normalized spacial score (nSPS) is 9.16. The minimum Gasteiger partial charge on any atom is -0.461 e. The molecule has 0 amide bonds. The van der Waals surface area contributed by atoms with Crippen LogP contribution in [0.2, 0.25) is 0 Å². The summed E-state index contributed by atoms with van der Waals surface area (Å²) in [6.45, 7) is 3.94. The first kappa shape index (κ1) is 15.0. The average Bonchev–Trinajstić information content (AvgIpc) is 2.48. The first-order valence-corrected chi connectivity index (χ1v) is 6.43. The van der Waals surface area contributed by atoms with E-state index >= 15 is 0 Å². The zero-order valence-corrected chi connectivity index (χ0v) is 11.5. The molecule has 0 aliphatic rings. The van der Waals surface area contributed by atoms with Gasteiger partial charge in [-0.15, -0.1) is 0 Å². The van der Waals surface area contributed by atoms with E-state index in [1.807, 2.05) is 36.4 Å². The molecular weight excluding hydrogens is 236 g/mol. The number of hydrogen-bond donors (Lipinski definition) is 0. The number of hydrogen-bond acceptors (Lipinski definition) is 2. The molecule has 0 N–H and O–H groups in total. The predicted molar refractivity (Wildman–Crippen MR) is 77.7 cm³/mol.